The Balaban J connectivity index is 1.53. The first-order chi connectivity index (χ1) is 16.6. The Labute approximate surface area is 203 Å². The van der Waals surface area contributed by atoms with E-state index in [0.717, 1.165) is 24.1 Å². The lowest BCUT2D eigenvalue weighted by Gasteiger charge is -2.40. The number of hydrogen-bond donors (Lipinski definition) is 1. The van der Waals surface area contributed by atoms with Crippen molar-refractivity contribution >= 4 is 11.9 Å². The van der Waals surface area contributed by atoms with Crippen molar-refractivity contribution in [2.24, 2.45) is 0 Å². The molecule has 0 bridgehead atoms. The Hall–Kier alpha value is -3.07. The predicted octanol–water partition coefficient (Wildman–Crippen LogP) is 4.05. The minimum absolute atomic E-state index is 0.0927. The smallest absolute Gasteiger partial charge is 0.347 e. The molecule has 2 aliphatic heterocycles. The summed E-state index contributed by atoms with van der Waals surface area (Å²) in [7, 11) is 3.99. The highest BCUT2D eigenvalue weighted by atomic mass is 19.4. The molecule has 2 heterocycles. The second-order valence-corrected chi connectivity index (χ2v) is 9.63. The molecule has 6 nitrogen and oxygen atoms in total. The average Bonchev–Trinajstić information content (AvgIpc) is 3.34. The molecule has 3 atom stereocenters. The fourth-order valence-electron chi connectivity index (χ4n) is 4.94. The van der Waals surface area contributed by atoms with E-state index in [1.807, 2.05) is 25.1 Å². The van der Waals surface area contributed by atoms with E-state index in [0.29, 0.717) is 44.2 Å². The van der Waals surface area contributed by atoms with E-state index >= 15 is 0 Å². The van der Waals surface area contributed by atoms with Gasteiger partial charge in [0, 0.05) is 49.7 Å². The Bertz CT molecular complexity index is 1030. The molecule has 0 saturated carbocycles. The Kier molecular flexibility index (Phi) is 7.35. The van der Waals surface area contributed by atoms with Crippen LogP contribution in [-0.4, -0.2) is 79.0 Å². The number of carbonyl (C=O) groups is 2. The van der Waals surface area contributed by atoms with Gasteiger partial charge in [-0.3, -0.25) is 4.79 Å². The number of benzene rings is 2. The highest BCUT2D eigenvalue weighted by Crippen LogP contribution is 2.33. The number of carbonyl (C=O) groups excluding carboxylic acids is 2. The molecule has 0 aromatic heterocycles. The van der Waals surface area contributed by atoms with Crippen LogP contribution in [-0.2, 0) is 6.18 Å². The van der Waals surface area contributed by atoms with E-state index in [4.69, 9.17) is 0 Å². The molecule has 2 fully saturated rings. The second kappa shape index (κ2) is 10.3. The lowest BCUT2D eigenvalue weighted by Crippen LogP contribution is -2.55. The molecule has 1 N–H and O–H groups in total. The van der Waals surface area contributed by atoms with Crippen molar-refractivity contribution in [2.75, 3.05) is 40.3 Å². The maximum absolute atomic E-state index is 13.4. The predicted molar refractivity (Wildman–Crippen MR) is 127 cm³/mol. The fraction of sp³-hybridized carbons (Fsp3) is 0.462. The summed E-state index contributed by atoms with van der Waals surface area (Å²) >= 11 is 0. The van der Waals surface area contributed by atoms with E-state index in [-0.39, 0.29) is 23.9 Å². The first kappa shape index (κ1) is 25.0. The first-order valence-corrected chi connectivity index (χ1v) is 11.8. The summed E-state index contributed by atoms with van der Waals surface area (Å²) in [5.41, 5.74) is 0.545. The van der Waals surface area contributed by atoms with Crippen molar-refractivity contribution < 1.29 is 22.8 Å². The van der Waals surface area contributed by atoms with Crippen LogP contribution in [0.25, 0.3) is 0 Å². The molecular weight excluding hydrogens is 457 g/mol. The summed E-state index contributed by atoms with van der Waals surface area (Å²) in [6, 6.07) is 13.8. The maximum Gasteiger partial charge on any atom is 0.416 e. The van der Waals surface area contributed by atoms with Gasteiger partial charge in [-0.25, -0.2) is 4.79 Å². The molecule has 4 rings (SSSR count). The van der Waals surface area contributed by atoms with E-state index in [1.165, 1.54) is 12.1 Å². The Morgan fingerprint density at radius 3 is 2.23 bits per heavy atom. The third kappa shape index (κ3) is 5.96. The van der Waals surface area contributed by atoms with Crippen LogP contribution in [0, 0.1) is 0 Å². The molecule has 0 aliphatic carbocycles. The van der Waals surface area contributed by atoms with Gasteiger partial charge in [-0.1, -0.05) is 30.3 Å². The molecule has 188 valence electrons. The highest BCUT2D eigenvalue weighted by molar-refractivity contribution is 5.94. The van der Waals surface area contributed by atoms with E-state index in [2.05, 4.69) is 10.2 Å². The van der Waals surface area contributed by atoms with Crippen molar-refractivity contribution in [2.45, 2.75) is 37.0 Å². The zero-order valence-corrected chi connectivity index (χ0v) is 20.0. The quantitative estimate of drug-likeness (QED) is 0.707. The largest absolute Gasteiger partial charge is 0.416 e. The van der Waals surface area contributed by atoms with Crippen LogP contribution in [0.1, 0.15) is 40.2 Å². The van der Waals surface area contributed by atoms with Gasteiger partial charge in [-0.2, -0.15) is 13.2 Å². The van der Waals surface area contributed by atoms with Crippen molar-refractivity contribution in [1.29, 1.82) is 0 Å². The minimum atomic E-state index is -4.40. The van der Waals surface area contributed by atoms with Crippen LogP contribution in [0.4, 0.5) is 18.0 Å². The van der Waals surface area contributed by atoms with Crippen LogP contribution in [0.2, 0.25) is 0 Å². The van der Waals surface area contributed by atoms with Gasteiger partial charge in [-0.15, -0.1) is 0 Å². The zero-order valence-electron chi connectivity index (χ0n) is 20.0. The lowest BCUT2D eigenvalue weighted by atomic mass is 9.87. The van der Waals surface area contributed by atoms with Gasteiger partial charge >= 0.3 is 12.2 Å². The number of urea groups is 1. The molecule has 2 saturated heterocycles. The molecular formula is C26H31F3N4O2. The summed E-state index contributed by atoms with van der Waals surface area (Å²) in [4.78, 5) is 31.9. The molecule has 3 amide bonds. The van der Waals surface area contributed by atoms with Gasteiger partial charge in [0.25, 0.3) is 5.91 Å². The van der Waals surface area contributed by atoms with Gasteiger partial charge < -0.3 is 20.0 Å². The first-order valence-electron chi connectivity index (χ1n) is 11.8. The van der Waals surface area contributed by atoms with Gasteiger partial charge in [0.2, 0.25) is 0 Å². The van der Waals surface area contributed by atoms with Crippen LogP contribution in [0.5, 0.6) is 0 Å². The molecule has 3 unspecified atom stereocenters. The Morgan fingerprint density at radius 2 is 1.63 bits per heavy atom. The topological polar surface area (TPSA) is 55.9 Å². The normalized spacial score (nSPS) is 23.0. The zero-order chi connectivity index (χ0) is 25.2. The lowest BCUT2D eigenvalue weighted by molar-refractivity contribution is -0.137. The third-order valence-electron chi connectivity index (χ3n) is 6.97. The molecule has 2 aliphatic rings. The average molecular weight is 489 g/mol. The summed E-state index contributed by atoms with van der Waals surface area (Å²) in [5, 5.41) is 3.03. The van der Waals surface area contributed by atoms with E-state index in [9.17, 15) is 22.8 Å². The number of rotatable bonds is 4. The number of halogens is 3. The molecule has 0 spiro atoms. The number of nitrogens with zero attached hydrogens (tertiary/aromatic N) is 3. The number of hydrogen-bond acceptors (Lipinski definition) is 3. The monoisotopic (exact) mass is 488 g/mol. The summed E-state index contributed by atoms with van der Waals surface area (Å²) in [6.07, 6.45) is -2.98. The van der Waals surface area contributed by atoms with Crippen molar-refractivity contribution in [1.82, 2.24) is 20.0 Å². The van der Waals surface area contributed by atoms with Crippen molar-refractivity contribution in [3.8, 4) is 0 Å². The second-order valence-electron chi connectivity index (χ2n) is 9.63. The van der Waals surface area contributed by atoms with Crippen LogP contribution in [0.15, 0.2) is 54.6 Å². The summed E-state index contributed by atoms with van der Waals surface area (Å²) in [6.45, 7) is 2.04. The number of likely N-dealkylation sites (N-methyl/N-ethyl adjacent to an activating group) is 1. The van der Waals surface area contributed by atoms with Crippen LogP contribution in [0.3, 0.4) is 0 Å². The molecule has 2 aromatic carbocycles. The molecule has 2 aromatic rings. The molecule has 0 radical (unpaired) electrons. The van der Waals surface area contributed by atoms with E-state index in [1.54, 1.807) is 29.2 Å². The van der Waals surface area contributed by atoms with Gasteiger partial charge in [0.05, 0.1) is 5.56 Å². The molecule has 35 heavy (non-hydrogen) atoms. The van der Waals surface area contributed by atoms with Gasteiger partial charge in [0.1, 0.15) is 0 Å². The highest BCUT2D eigenvalue weighted by Gasteiger charge is 2.37. The number of nitrogens with one attached hydrogen (secondary N) is 1. The van der Waals surface area contributed by atoms with Gasteiger partial charge in [0.15, 0.2) is 0 Å². The maximum atomic E-state index is 13.4. The number of amides is 3. The third-order valence-corrected chi connectivity index (χ3v) is 6.97. The number of piperidine rings is 1. The summed E-state index contributed by atoms with van der Waals surface area (Å²) < 4.78 is 39.1. The van der Waals surface area contributed by atoms with Crippen LogP contribution >= 0.6 is 0 Å². The van der Waals surface area contributed by atoms with E-state index < -0.39 is 11.7 Å². The fourth-order valence-corrected chi connectivity index (χ4v) is 4.94. The standard InChI is InChI=1S/C26H31F3N4O2/c1-31(2)23-12-13-32(17-23)25(35)33-15-20(18-8-10-21(11-9-18)26(27,28)29)14-22(16-33)30-24(34)19-6-4-3-5-7-19/h3-11,20,22-23H,12-17H2,1-2H3,(H,30,34). The Morgan fingerprint density at radius 1 is 0.943 bits per heavy atom. The van der Waals surface area contributed by atoms with Crippen LogP contribution < -0.4 is 5.32 Å². The number of alkyl halides is 3. The van der Waals surface area contributed by atoms with Crippen molar-refractivity contribution in [3.63, 3.8) is 0 Å². The van der Waals surface area contributed by atoms with Gasteiger partial charge in [-0.05, 0) is 56.8 Å². The molecule has 9 heteroatoms. The minimum Gasteiger partial charge on any atom is -0.347 e. The number of likely N-dealkylation sites (tertiary alicyclic amines) is 2. The van der Waals surface area contributed by atoms with Crippen molar-refractivity contribution in [3.05, 3.63) is 71.3 Å². The summed E-state index contributed by atoms with van der Waals surface area (Å²) in [5.74, 6) is -0.423. The SMILES string of the molecule is CN(C)C1CCN(C(=O)N2CC(NC(=O)c3ccccc3)CC(c3ccc(C(F)(F)F)cc3)C2)C1.